The van der Waals surface area contributed by atoms with E-state index in [9.17, 15) is 4.79 Å². The molecule has 1 aliphatic heterocycles. The number of carbonyl (C=O) groups is 1. The summed E-state index contributed by atoms with van der Waals surface area (Å²) in [5.74, 6) is 1.22. The van der Waals surface area contributed by atoms with E-state index in [0.717, 1.165) is 38.1 Å². The van der Waals surface area contributed by atoms with Gasteiger partial charge in [0.1, 0.15) is 12.2 Å². The average Bonchev–Trinajstić information content (AvgIpc) is 3.08. The van der Waals surface area contributed by atoms with Crippen molar-refractivity contribution in [2.75, 3.05) is 13.1 Å². The second kappa shape index (κ2) is 8.14. The number of rotatable bonds is 5. The van der Waals surface area contributed by atoms with Crippen molar-refractivity contribution in [2.45, 2.75) is 44.6 Å². The number of piperidine rings is 1. The maximum Gasteiger partial charge on any atom is 0.317 e. The molecule has 1 saturated heterocycles. The molecule has 2 atom stereocenters. The van der Waals surface area contributed by atoms with Gasteiger partial charge in [-0.15, -0.1) is 10.2 Å². The number of hydrogen-bond acceptors (Lipinski definition) is 3. The van der Waals surface area contributed by atoms with Crippen LogP contribution in [0.4, 0.5) is 4.79 Å². The van der Waals surface area contributed by atoms with E-state index >= 15 is 0 Å². The number of benzene rings is 1. The summed E-state index contributed by atoms with van der Waals surface area (Å²) < 4.78 is 1.95. The van der Waals surface area contributed by atoms with Gasteiger partial charge in [0, 0.05) is 26.1 Å². The molecule has 6 nitrogen and oxygen atoms in total. The van der Waals surface area contributed by atoms with Gasteiger partial charge in [0.25, 0.3) is 0 Å². The van der Waals surface area contributed by atoms with Crippen molar-refractivity contribution in [3.8, 4) is 0 Å². The van der Waals surface area contributed by atoms with Crippen molar-refractivity contribution in [1.82, 2.24) is 25.0 Å². The molecule has 0 aliphatic carbocycles. The molecule has 0 spiro atoms. The Morgan fingerprint density at radius 3 is 2.84 bits per heavy atom. The fraction of sp³-hybridized carbons (Fsp3) is 0.526. The summed E-state index contributed by atoms with van der Waals surface area (Å²) in [7, 11) is 1.96. The largest absolute Gasteiger partial charge is 0.331 e. The number of nitrogens with zero attached hydrogens (tertiary/aromatic N) is 4. The van der Waals surface area contributed by atoms with Gasteiger partial charge in [-0.2, -0.15) is 0 Å². The average molecular weight is 341 g/mol. The van der Waals surface area contributed by atoms with Gasteiger partial charge < -0.3 is 14.8 Å². The Bertz CT molecular complexity index is 684. The van der Waals surface area contributed by atoms with E-state index < -0.39 is 0 Å². The van der Waals surface area contributed by atoms with Crippen LogP contribution in [-0.4, -0.2) is 38.8 Å². The number of hydrogen-bond donors (Lipinski definition) is 1. The summed E-state index contributed by atoms with van der Waals surface area (Å²) >= 11 is 0. The third-order valence-electron chi connectivity index (χ3n) is 4.90. The predicted molar refractivity (Wildman–Crippen MR) is 97.2 cm³/mol. The van der Waals surface area contributed by atoms with Gasteiger partial charge in [-0.05, 0) is 24.8 Å². The van der Waals surface area contributed by atoms with E-state index in [1.54, 1.807) is 6.33 Å². The summed E-state index contributed by atoms with van der Waals surface area (Å²) in [6.45, 7) is 3.65. The Balaban J connectivity index is 1.66. The first-order valence-corrected chi connectivity index (χ1v) is 9.13. The van der Waals surface area contributed by atoms with E-state index in [4.69, 9.17) is 0 Å². The van der Waals surface area contributed by atoms with Gasteiger partial charge >= 0.3 is 6.03 Å². The standard InChI is InChI=1S/C19H27N5O/c1-3-8-17(15-9-5-4-6-10-15)21-19(25)24-12-7-11-16(13-24)18-22-20-14-23(18)2/h4-6,9-10,14,16-17H,3,7-8,11-13H2,1-2H3,(H,21,25)/t16-,17-/m1/s1. The zero-order chi connectivity index (χ0) is 17.6. The van der Waals surface area contributed by atoms with Gasteiger partial charge in [0.2, 0.25) is 0 Å². The van der Waals surface area contributed by atoms with Crippen molar-refractivity contribution in [2.24, 2.45) is 7.05 Å². The molecule has 3 rings (SSSR count). The Morgan fingerprint density at radius 1 is 1.36 bits per heavy atom. The van der Waals surface area contributed by atoms with Gasteiger partial charge in [-0.25, -0.2) is 4.79 Å². The van der Waals surface area contributed by atoms with Gasteiger partial charge in [-0.1, -0.05) is 43.7 Å². The Kier molecular flexibility index (Phi) is 5.68. The van der Waals surface area contributed by atoms with E-state index in [1.165, 1.54) is 5.56 Å². The molecule has 1 aromatic heterocycles. The number of aromatic nitrogens is 3. The normalized spacial score (nSPS) is 18.8. The molecule has 6 heteroatoms. The summed E-state index contributed by atoms with van der Waals surface area (Å²) in [6.07, 6.45) is 5.74. The Hall–Kier alpha value is -2.37. The number of aryl methyl sites for hydroxylation is 1. The molecule has 2 amide bonds. The molecule has 0 unspecified atom stereocenters. The lowest BCUT2D eigenvalue weighted by Crippen LogP contribution is -2.46. The monoisotopic (exact) mass is 341 g/mol. The van der Waals surface area contributed by atoms with Crippen LogP contribution in [0.25, 0.3) is 0 Å². The second-order valence-electron chi connectivity index (χ2n) is 6.79. The number of urea groups is 1. The van der Waals surface area contributed by atoms with Crippen molar-refractivity contribution in [3.63, 3.8) is 0 Å². The van der Waals surface area contributed by atoms with Crippen LogP contribution in [0.5, 0.6) is 0 Å². The first-order chi connectivity index (χ1) is 12.2. The quantitative estimate of drug-likeness (QED) is 0.908. The maximum absolute atomic E-state index is 12.8. The smallest absolute Gasteiger partial charge is 0.317 e. The summed E-state index contributed by atoms with van der Waals surface area (Å²) in [5.41, 5.74) is 1.17. The molecule has 2 aromatic rings. The van der Waals surface area contributed by atoms with Gasteiger partial charge in [0.05, 0.1) is 6.04 Å². The number of amides is 2. The minimum absolute atomic E-state index is 0.0224. The van der Waals surface area contributed by atoms with Gasteiger partial charge in [0.15, 0.2) is 0 Å². The third-order valence-corrected chi connectivity index (χ3v) is 4.90. The lowest BCUT2D eigenvalue weighted by atomic mass is 9.97. The lowest BCUT2D eigenvalue weighted by Gasteiger charge is -2.33. The number of carbonyl (C=O) groups excluding carboxylic acids is 1. The summed E-state index contributed by atoms with van der Waals surface area (Å²) in [4.78, 5) is 14.8. The van der Waals surface area contributed by atoms with Crippen LogP contribution in [0.3, 0.4) is 0 Å². The minimum atomic E-state index is 0.0224. The van der Waals surface area contributed by atoms with Crippen molar-refractivity contribution < 1.29 is 4.79 Å². The fourth-order valence-electron chi connectivity index (χ4n) is 3.57. The molecule has 0 bridgehead atoms. The van der Waals surface area contributed by atoms with Crippen molar-refractivity contribution in [3.05, 3.63) is 48.0 Å². The molecular formula is C19H27N5O. The highest BCUT2D eigenvalue weighted by molar-refractivity contribution is 5.75. The molecule has 134 valence electrons. The Morgan fingerprint density at radius 2 is 2.16 bits per heavy atom. The van der Waals surface area contributed by atoms with Gasteiger partial charge in [-0.3, -0.25) is 0 Å². The van der Waals surface area contributed by atoms with Crippen LogP contribution in [0.1, 0.15) is 56.0 Å². The highest BCUT2D eigenvalue weighted by atomic mass is 16.2. The van der Waals surface area contributed by atoms with Crippen LogP contribution >= 0.6 is 0 Å². The summed E-state index contributed by atoms with van der Waals surface area (Å²) in [6, 6.07) is 10.3. The molecule has 0 saturated carbocycles. The molecule has 1 aliphatic rings. The number of likely N-dealkylation sites (tertiary alicyclic amines) is 1. The first kappa shape index (κ1) is 17.5. The third kappa shape index (κ3) is 4.18. The second-order valence-corrected chi connectivity index (χ2v) is 6.79. The fourth-order valence-corrected chi connectivity index (χ4v) is 3.57. The highest BCUT2D eigenvalue weighted by Crippen LogP contribution is 2.26. The molecular weight excluding hydrogens is 314 g/mol. The summed E-state index contributed by atoms with van der Waals surface area (Å²) in [5, 5.41) is 11.4. The lowest BCUT2D eigenvalue weighted by molar-refractivity contribution is 0.173. The van der Waals surface area contributed by atoms with E-state index in [2.05, 4.69) is 34.6 Å². The van der Waals surface area contributed by atoms with Crippen molar-refractivity contribution in [1.29, 1.82) is 0 Å². The van der Waals surface area contributed by atoms with Crippen molar-refractivity contribution >= 4 is 6.03 Å². The van der Waals surface area contributed by atoms with E-state index in [0.29, 0.717) is 6.54 Å². The minimum Gasteiger partial charge on any atom is -0.331 e. The molecule has 2 heterocycles. The highest BCUT2D eigenvalue weighted by Gasteiger charge is 2.28. The first-order valence-electron chi connectivity index (χ1n) is 9.13. The van der Waals surface area contributed by atoms with Crippen LogP contribution in [0.15, 0.2) is 36.7 Å². The SMILES string of the molecule is CCC[C@@H](NC(=O)N1CCC[C@@H](c2nncn2C)C1)c1ccccc1. The van der Waals surface area contributed by atoms with Crippen LogP contribution in [0.2, 0.25) is 0 Å². The maximum atomic E-state index is 12.8. The molecule has 1 N–H and O–H groups in total. The number of nitrogens with one attached hydrogen (secondary N) is 1. The van der Waals surface area contributed by atoms with Crippen LogP contribution in [-0.2, 0) is 7.05 Å². The molecule has 0 radical (unpaired) electrons. The zero-order valence-electron chi connectivity index (χ0n) is 15.1. The molecule has 1 fully saturated rings. The van der Waals surface area contributed by atoms with E-state index in [-0.39, 0.29) is 18.0 Å². The molecule has 1 aromatic carbocycles. The van der Waals surface area contributed by atoms with E-state index in [1.807, 2.05) is 34.7 Å². The topological polar surface area (TPSA) is 63.1 Å². The van der Waals surface area contributed by atoms with Crippen LogP contribution < -0.4 is 5.32 Å². The Labute approximate surface area is 149 Å². The zero-order valence-corrected chi connectivity index (χ0v) is 15.1. The molecule has 25 heavy (non-hydrogen) atoms. The van der Waals surface area contributed by atoms with Crippen LogP contribution in [0, 0.1) is 0 Å². The predicted octanol–water partition coefficient (Wildman–Crippen LogP) is 3.25.